The molecule has 0 fully saturated rings. The Labute approximate surface area is 130 Å². The third kappa shape index (κ3) is 1.63. The third-order valence-corrected chi connectivity index (χ3v) is 6.84. The fourth-order valence-electron chi connectivity index (χ4n) is 5.81. The quantitative estimate of drug-likeness (QED) is 0.601. The van der Waals surface area contributed by atoms with Gasteiger partial charge in [-0.2, -0.15) is 0 Å². The van der Waals surface area contributed by atoms with Crippen LogP contribution in [0.4, 0.5) is 0 Å². The summed E-state index contributed by atoms with van der Waals surface area (Å²) < 4.78 is 0. The lowest BCUT2D eigenvalue weighted by molar-refractivity contribution is 0.516. The van der Waals surface area contributed by atoms with Gasteiger partial charge in [0.2, 0.25) is 0 Å². The van der Waals surface area contributed by atoms with Gasteiger partial charge in [0, 0.05) is 0 Å². The highest BCUT2D eigenvalue weighted by molar-refractivity contribution is 5.63. The Kier molecular flexibility index (Phi) is 2.48. The van der Waals surface area contributed by atoms with Gasteiger partial charge in [0.05, 0.1) is 0 Å². The van der Waals surface area contributed by atoms with Gasteiger partial charge in [-0.25, -0.2) is 0 Å². The van der Waals surface area contributed by atoms with Crippen LogP contribution in [0.15, 0.2) is 0 Å². The minimum absolute atomic E-state index is 0.396. The van der Waals surface area contributed by atoms with Gasteiger partial charge in [0.1, 0.15) is 0 Å². The second kappa shape index (κ2) is 3.76. The summed E-state index contributed by atoms with van der Waals surface area (Å²) in [6.45, 7) is 14.9. The first-order chi connectivity index (χ1) is 9.65. The first-order valence-electron chi connectivity index (χ1n) is 8.87. The van der Waals surface area contributed by atoms with E-state index in [0.29, 0.717) is 16.2 Å². The molecule has 1 aromatic carbocycles. The van der Waals surface area contributed by atoms with Crippen molar-refractivity contribution in [2.45, 2.75) is 96.3 Å². The maximum absolute atomic E-state index is 2.48. The van der Waals surface area contributed by atoms with Crippen LogP contribution < -0.4 is 0 Å². The number of rotatable bonds is 0. The van der Waals surface area contributed by atoms with Crippen molar-refractivity contribution in [3.05, 3.63) is 33.4 Å². The Balaban J connectivity index is 2.14. The van der Waals surface area contributed by atoms with Gasteiger partial charge in [-0.1, -0.05) is 41.5 Å². The molecule has 0 aromatic heterocycles. The lowest BCUT2D eigenvalue weighted by atomic mass is 9.74. The van der Waals surface area contributed by atoms with Gasteiger partial charge in [-0.3, -0.25) is 0 Å². The molecule has 0 saturated carbocycles. The van der Waals surface area contributed by atoms with E-state index in [1.165, 1.54) is 38.5 Å². The molecule has 0 nitrogen and oxygen atoms in total. The summed E-state index contributed by atoms with van der Waals surface area (Å²) >= 11 is 0. The highest BCUT2D eigenvalue weighted by atomic mass is 14.5. The van der Waals surface area contributed by atoms with E-state index in [2.05, 4.69) is 41.5 Å². The molecule has 3 aliphatic carbocycles. The van der Waals surface area contributed by atoms with Crippen LogP contribution in [-0.4, -0.2) is 0 Å². The van der Waals surface area contributed by atoms with Crippen LogP contribution in [0.1, 0.15) is 94.2 Å². The van der Waals surface area contributed by atoms with Crippen LogP contribution in [-0.2, 0) is 35.5 Å². The predicted octanol–water partition coefficient (Wildman–Crippen LogP) is 5.36. The smallest absolute Gasteiger partial charge is 0.00947 e. The molecule has 114 valence electrons. The van der Waals surface area contributed by atoms with Crippen molar-refractivity contribution in [2.75, 3.05) is 0 Å². The number of hydrogen-bond donors (Lipinski definition) is 0. The van der Waals surface area contributed by atoms with Crippen LogP contribution in [0.2, 0.25) is 0 Å². The Morgan fingerprint density at radius 1 is 0.476 bits per heavy atom. The molecule has 0 N–H and O–H groups in total. The molecule has 21 heavy (non-hydrogen) atoms. The molecule has 4 rings (SSSR count). The summed E-state index contributed by atoms with van der Waals surface area (Å²) in [5.41, 5.74) is 11.8. The van der Waals surface area contributed by atoms with Crippen molar-refractivity contribution in [2.24, 2.45) is 0 Å². The predicted molar refractivity (Wildman–Crippen MR) is 90.5 cm³/mol. The van der Waals surface area contributed by atoms with E-state index in [4.69, 9.17) is 0 Å². The second-order valence-electron chi connectivity index (χ2n) is 9.71. The number of hydrogen-bond acceptors (Lipinski definition) is 0. The van der Waals surface area contributed by atoms with Crippen LogP contribution in [0.5, 0.6) is 0 Å². The molecule has 1 aromatic rings. The zero-order chi connectivity index (χ0) is 15.2. The minimum Gasteiger partial charge on any atom is -0.0558 e. The van der Waals surface area contributed by atoms with E-state index >= 15 is 0 Å². The van der Waals surface area contributed by atoms with Crippen molar-refractivity contribution in [3.63, 3.8) is 0 Å². The first kappa shape index (κ1) is 13.9. The van der Waals surface area contributed by atoms with Gasteiger partial charge < -0.3 is 0 Å². The topological polar surface area (TPSA) is 0 Å². The van der Waals surface area contributed by atoms with Gasteiger partial charge in [0.25, 0.3) is 0 Å². The highest BCUT2D eigenvalue weighted by Gasteiger charge is 2.46. The SMILES string of the molecule is CC1(C)CCc2c1c1c(c3c2C(C)(C)CC3)C(C)(C)CC1. The monoisotopic (exact) mass is 282 g/mol. The number of fused-ring (bicyclic) bond motifs is 6. The summed E-state index contributed by atoms with van der Waals surface area (Å²) in [4.78, 5) is 0. The van der Waals surface area contributed by atoms with Crippen molar-refractivity contribution in [1.29, 1.82) is 0 Å². The second-order valence-corrected chi connectivity index (χ2v) is 9.71. The fraction of sp³-hybridized carbons (Fsp3) is 0.714. The van der Waals surface area contributed by atoms with Crippen molar-refractivity contribution < 1.29 is 0 Å². The molecule has 0 unspecified atom stereocenters. The molecule has 3 aliphatic rings. The maximum Gasteiger partial charge on any atom is -0.00947 e. The normalized spacial score (nSPS) is 26.6. The molecular formula is C21H30. The molecule has 0 bridgehead atoms. The summed E-state index contributed by atoms with van der Waals surface area (Å²) in [5, 5.41) is 0. The number of benzene rings is 1. The lowest BCUT2D eigenvalue weighted by Crippen LogP contribution is -2.21. The summed E-state index contributed by atoms with van der Waals surface area (Å²) in [5.74, 6) is 0. The standard InChI is InChI=1S/C21H30/c1-19(2)10-7-13-16(19)14-8-11-20(3,4)18(14)15-9-12-21(5,6)17(13)15/h7-12H2,1-6H3. The molecular weight excluding hydrogens is 252 g/mol. The molecule has 0 radical (unpaired) electrons. The molecule has 0 heteroatoms. The van der Waals surface area contributed by atoms with Crippen LogP contribution in [0.3, 0.4) is 0 Å². The molecule has 0 amide bonds. The lowest BCUT2D eigenvalue weighted by Gasteiger charge is -2.30. The van der Waals surface area contributed by atoms with Crippen molar-refractivity contribution in [1.82, 2.24) is 0 Å². The zero-order valence-electron chi connectivity index (χ0n) is 14.7. The van der Waals surface area contributed by atoms with Gasteiger partial charge in [0.15, 0.2) is 0 Å². The fourth-order valence-corrected chi connectivity index (χ4v) is 5.81. The Bertz CT molecular complexity index is 529. The molecule has 0 atom stereocenters. The van der Waals surface area contributed by atoms with E-state index < -0.39 is 0 Å². The van der Waals surface area contributed by atoms with E-state index in [1.807, 2.05) is 0 Å². The first-order valence-corrected chi connectivity index (χ1v) is 8.87. The minimum atomic E-state index is 0.396. The molecule has 0 saturated heterocycles. The average molecular weight is 282 g/mol. The Morgan fingerprint density at radius 3 is 0.952 bits per heavy atom. The zero-order valence-corrected chi connectivity index (χ0v) is 14.7. The molecule has 0 spiro atoms. The van der Waals surface area contributed by atoms with E-state index in [-0.39, 0.29) is 0 Å². The molecule has 0 aliphatic heterocycles. The summed E-state index contributed by atoms with van der Waals surface area (Å²) in [6.07, 6.45) is 8.01. The largest absolute Gasteiger partial charge is 0.0558 e. The Morgan fingerprint density at radius 2 is 0.714 bits per heavy atom. The maximum atomic E-state index is 2.48. The highest BCUT2D eigenvalue weighted by Crippen LogP contribution is 2.56. The van der Waals surface area contributed by atoms with Crippen LogP contribution >= 0.6 is 0 Å². The third-order valence-electron chi connectivity index (χ3n) is 6.84. The summed E-state index contributed by atoms with van der Waals surface area (Å²) in [6, 6.07) is 0. The van der Waals surface area contributed by atoms with Gasteiger partial charge >= 0.3 is 0 Å². The van der Waals surface area contributed by atoms with E-state index in [1.54, 1.807) is 33.4 Å². The van der Waals surface area contributed by atoms with Gasteiger partial charge in [-0.05, 0) is 88.2 Å². The summed E-state index contributed by atoms with van der Waals surface area (Å²) in [7, 11) is 0. The van der Waals surface area contributed by atoms with Gasteiger partial charge in [-0.15, -0.1) is 0 Å². The molecule has 0 heterocycles. The van der Waals surface area contributed by atoms with E-state index in [0.717, 1.165) is 0 Å². The van der Waals surface area contributed by atoms with Crippen LogP contribution in [0.25, 0.3) is 0 Å². The van der Waals surface area contributed by atoms with E-state index in [9.17, 15) is 0 Å². The Hall–Kier alpha value is -0.780. The average Bonchev–Trinajstić information content (AvgIpc) is 2.94. The van der Waals surface area contributed by atoms with Crippen molar-refractivity contribution in [3.8, 4) is 0 Å². The van der Waals surface area contributed by atoms with Crippen molar-refractivity contribution >= 4 is 0 Å². The van der Waals surface area contributed by atoms with Crippen LogP contribution in [0, 0.1) is 0 Å².